The van der Waals surface area contributed by atoms with Crippen LogP contribution in [0.5, 0.6) is 5.75 Å². The van der Waals surface area contributed by atoms with Gasteiger partial charge in [-0.25, -0.2) is 0 Å². The third-order valence-electron chi connectivity index (χ3n) is 4.96. The second kappa shape index (κ2) is 6.63. The predicted octanol–water partition coefficient (Wildman–Crippen LogP) is 5.72. The molecule has 2 aromatic rings. The van der Waals surface area contributed by atoms with Crippen LogP contribution in [0.1, 0.15) is 29.5 Å². The first-order valence-corrected chi connectivity index (χ1v) is 8.95. The van der Waals surface area contributed by atoms with Gasteiger partial charge in [0.05, 0.1) is 16.8 Å². The maximum absolute atomic E-state index is 8.61. The Morgan fingerprint density at radius 3 is 2.64 bits per heavy atom. The molecule has 126 valence electrons. The number of allylic oxidation sites excluding steroid dienone is 2. The highest BCUT2D eigenvalue weighted by molar-refractivity contribution is 6.36. The number of rotatable bonds is 3. The van der Waals surface area contributed by atoms with Gasteiger partial charge in [0.25, 0.3) is 0 Å². The van der Waals surface area contributed by atoms with Crippen LogP contribution in [0.15, 0.2) is 48.6 Å². The number of nitrogens with zero attached hydrogens (tertiary/aromatic N) is 1. The fourth-order valence-corrected chi connectivity index (χ4v) is 4.35. The largest absolute Gasteiger partial charge is 0.479 e. The van der Waals surface area contributed by atoms with Gasteiger partial charge in [-0.05, 0) is 42.2 Å². The lowest BCUT2D eigenvalue weighted by Gasteiger charge is -2.38. The first-order valence-electron chi connectivity index (χ1n) is 8.20. The summed E-state index contributed by atoms with van der Waals surface area (Å²) < 4.78 is 5.34. The molecule has 2 aromatic carbocycles. The minimum Gasteiger partial charge on any atom is -0.479 e. The van der Waals surface area contributed by atoms with Gasteiger partial charge in [-0.15, -0.1) is 0 Å². The number of hydrogen-bond acceptors (Lipinski definition) is 3. The molecule has 0 saturated heterocycles. The Hall–Kier alpha value is -2.15. The van der Waals surface area contributed by atoms with Crippen LogP contribution in [0.3, 0.4) is 0 Å². The summed E-state index contributed by atoms with van der Waals surface area (Å²) in [6, 6.07) is 13.7. The van der Waals surface area contributed by atoms with E-state index in [-0.39, 0.29) is 18.6 Å². The zero-order chi connectivity index (χ0) is 17.4. The van der Waals surface area contributed by atoms with E-state index in [0.717, 1.165) is 22.7 Å². The summed E-state index contributed by atoms with van der Waals surface area (Å²) in [4.78, 5) is 0. The maximum atomic E-state index is 8.61. The molecule has 0 amide bonds. The number of ether oxygens (including phenoxy) is 1. The van der Waals surface area contributed by atoms with Crippen LogP contribution in [0.4, 0.5) is 5.69 Å². The average Bonchev–Trinajstić information content (AvgIpc) is 3.12. The Balaban J connectivity index is 1.70. The quantitative estimate of drug-likeness (QED) is 0.702. The molecule has 0 unspecified atom stereocenters. The molecular formula is C20H16Cl2N2O. The zero-order valence-electron chi connectivity index (χ0n) is 13.4. The van der Waals surface area contributed by atoms with Crippen molar-refractivity contribution in [3.63, 3.8) is 0 Å². The van der Waals surface area contributed by atoms with Crippen molar-refractivity contribution in [3.05, 3.63) is 69.7 Å². The fourth-order valence-electron chi connectivity index (χ4n) is 3.85. The van der Waals surface area contributed by atoms with Crippen molar-refractivity contribution < 1.29 is 4.74 Å². The monoisotopic (exact) mass is 370 g/mol. The molecule has 2 aliphatic rings. The van der Waals surface area contributed by atoms with Gasteiger partial charge in [0.1, 0.15) is 11.8 Å². The molecular weight excluding hydrogens is 355 g/mol. The van der Waals surface area contributed by atoms with Crippen molar-refractivity contribution in [3.8, 4) is 11.8 Å². The molecule has 1 aliphatic carbocycles. The Kier molecular flexibility index (Phi) is 4.33. The molecule has 0 radical (unpaired) electrons. The first kappa shape index (κ1) is 16.3. The minimum absolute atomic E-state index is 0.0527. The molecule has 0 fully saturated rings. The summed E-state index contributed by atoms with van der Waals surface area (Å²) in [5, 5.41) is 13.7. The van der Waals surface area contributed by atoms with Gasteiger partial charge in [-0.2, -0.15) is 5.26 Å². The molecule has 1 N–H and O–H groups in total. The van der Waals surface area contributed by atoms with Crippen molar-refractivity contribution in [2.24, 2.45) is 5.92 Å². The molecule has 1 aliphatic heterocycles. The first-order chi connectivity index (χ1) is 12.2. The highest BCUT2D eigenvalue weighted by Gasteiger charge is 2.39. The lowest BCUT2D eigenvalue weighted by atomic mass is 9.77. The molecule has 5 heteroatoms. The SMILES string of the molecule is N#CCOc1ccc([C@@H]2Nc3c(Cl)ccc(Cl)c3[C@@H]3C=CC[C@H]32)cc1. The van der Waals surface area contributed by atoms with Gasteiger partial charge in [0, 0.05) is 16.5 Å². The Morgan fingerprint density at radius 1 is 1.12 bits per heavy atom. The molecule has 4 rings (SSSR count). The smallest absolute Gasteiger partial charge is 0.174 e. The number of hydrogen-bond donors (Lipinski definition) is 1. The molecule has 25 heavy (non-hydrogen) atoms. The molecule has 3 atom stereocenters. The normalized spacial score (nSPS) is 23.3. The highest BCUT2D eigenvalue weighted by Crippen LogP contribution is 2.53. The third-order valence-corrected chi connectivity index (χ3v) is 5.60. The van der Waals surface area contributed by atoms with E-state index in [2.05, 4.69) is 17.5 Å². The molecule has 0 aromatic heterocycles. The molecule has 0 bridgehead atoms. The van der Waals surface area contributed by atoms with E-state index in [1.807, 2.05) is 42.5 Å². The Bertz CT molecular complexity index is 871. The molecule has 3 nitrogen and oxygen atoms in total. The van der Waals surface area contributed by atoms with Crippen LogP contribution in [-0.4, -0.2) is 6.61 Å². The summed E-state index contributed by atoms with van der Waals surface area (Å²) in [5.41, 5.74) is 3.19. The molecule has 1 heterocycles. The highest BCUT2D eigenvalue weighted by atomic mass is 35.5. The number of nitrogens with one attached hydrogen (secondary N) is 1. The lowest BCUT2D eigenvalue weighted by Crippen LogP contribution is -2.29. The van der Waals surface area contributed by atoms with Crippen LogP contribution in [-0.2, 0) is 0 Å². The summed E-state index contributed by atoms with van der Waals surface area (Å²) in [6.45, 7) is 0.0527. The van der Waals surface area contributed by atoms with Gasteiger partial charge >= 0.3 is 0 Å². The van der Waals surface area contributed by atoms with E-state index in [1.54, 1.807) is 0 Å². The van der Waals surface area contributed by atoms with E-state index in [1.165, 1.54) is 5.56 Å². The Morgan fingerprint density at radius 2 is 1.88 bits per heavy atom. The topological polar surface area (TPSA) is 45.0 Å². The summed E-state index contributed by atoms with van der Waals surface area (Å²) in [5.74, 6) is 1.36. The number of nitriles is 1. The van der Waals surface area contributed by atoms with Crippen molar-refractivity contribution in [2.45, 2.75) is 18.4 Å². The lowest BCUT2D eigenvalue weighted by molar-refractivity contribution is 0.367. The number of fused-ring (bicyclic) bond motifs is 3. The van der Waals surface area contributed by atoms with Crippen molar-refractivity contribution in [2.75, 3.05) is 11.9 Å². The summed E-state index contributed by atoms with van der Waals surface area (Å²) in [6.07, 6.45) is 5.46. The Labute approximate surface area is 156 Å². The van der Waals surface area contributed by atoms with Crippen molar-refractivity contribution >= 4 is 28.9 Å². The van der Waals surface area contributed by atoms with Gasteiger partial charge in [-0.1, -0.05) is 47.5 Å². The van der Waals surface area contributed by atoms with Crippen LogP contribution in [0.25, 0.3) is 0 Å². The van der Waals surface area contributed by atoms with Gasteiger partial charge in [0.2, 0.25) is 0 Å². The van der Waals surface area contributed by atoms with E-state index in [0.29, 0.717) is 16.7 Å². The van der Waals surface area contributed by atoms with Crippen LogP contribution in [0.2, 0.25) is 10.0 Å². The van der Waals surface area contributed by atoms with Gasteiger partial charge in [-0.3, -0.25) is 0 Å². The fraction of sp³-hybridized carbons (Fsp3) is 0.250. The van der Waals surface area contributed by atoms with Crippen LogP contribution < -0.4 is 10.1 Å². The number of halogens is 2. The number of anilines is 1. The van der Waals surface area contributed by atoms with Gasteiger partial charge < -0.3 is 10.1 Å². The maximum Gasteiger partial charge on any atom is 0.174 e. The van der Waals surface area contributed by atoms with E-state index in [9.17, 15) is 0 Å². The van der Waals surface area contributed by atoms with Crippen molar-refractivity contribution in [1.29, 1.82) is 5.26 Å². The van der Waals surface area contributed by atoms with Crippen LogP contribution in [0, 0.1) is 17.2 Å². The predicted molar refractivity (Wildman–Crippen MR) is 100 cm³/mol. The van der Waals surface area contributed by atoms with E-state index < -0.39 is 0 Å². The van der Waals surface area contributed by atoms with Gasteiger partial charge in [0.15, 0.2) is 6.61 Å². The standard InChI is InChI=1S/C20H16Cl2N2O/c21-16-8-9-17(22)20-18(16)14-2-1-3-15(14)19(24-20)12-4-6-13(7-5-12)25-11-10-23/h1-2,4-9,14-15,19,24H,3,11H2/t14-,15-,19+/m1/s1. The minimum atomic E-state index is 0.0527. The van der Waals surface area contributed by atoms with E-state index >= 15 is 0 Å². The number of benzene rings is 2. The summed E-state index contributed by atoms with van der Waals surface area (Å²) >= 11 is 12.9. The third kappa shape index (κ3) is 2.86. The zero-order valence-corrected chi connectivity index (χ0v) is 14.9. The van der Waals surface area contributed by atoms with Crippen molar-refractivity contribution in [1.82, 2.24) is 0 Å². The average molecular weight is 371 g/mol. The second-order valence-electron chi connectivity index (χ2n) is 6.31. The molecule has 0 saturated carbocycles. The van der Waals surface area contributed by atoms with Crippen LogP contribution >= 0.6 is 23.2 Å². The summed E-state index contributed by atoms with van der Waals surface area (Å²) in [7, 11) is 0. The molecule has 0 spiro atoms. The van der Waals surface area contributed by atoms with E-state index in [4.69, 9.17) is 33.2 Å². The second-order valence-corrected chi connectivity index (χ2v) is 7.12.